The summed E-state index contributed by atoms with van der Waals surface area (Å²) in [6.07, 6.45) is 4.52. The summed E-state index contributed by atoms with van der Waals surface area (Å²) in [5, 5.41) is 3.68. The zero-order chi connectivity index (χ0) is 28.4. The molecule has 1 aliphatic heterocycles. The number of anilines is 2. The molecule has 2 aromatic heterocycles. The fraction of sp³-hybridized carbons (Fsp3) is 0.500. The lowest BCUT2D eigenvalue weighted by Gasteiger charge is -2.33. The zero-order valence-electron chi connectivity index (χ0n) is 22.8. The van der Waals surface area contributed by atoms with Gasteiger partial charge in [-0.25, -0.2) is 25.6 Å². The van der Waals surface area contributed by atoms with E-state index in [0.717, 1.165) is 23.2 Å². The van der Waals surface area contributed by atoms with Crippen molar-refractivity contribution < 1.29 is 14.3 Å². The highest BCUT2D eigenvalue weighted by molar-refractivity contribution is 6.31. The summed E-state index contributed by atoms with van der Waals surface area (Å²) in [5.74, 6) is 5.35. The Bertz CT molecular complexity index is 1370. The minimum Gasteiger partial charge on any atom is -0.444 e. The van der Waals surface area contributed by atoms with E-state index in [9.17, 15) is 9.59 Å². The van der Waals surface area contributed by atoms with E-state index >= 15 is 0 Å². The van der Waals surface area contributed by atoms with E-state index < -0.39 is 17.2 Å². The Balaban J connectivity index is 1.68. The number of carbonyl (C=O) groups excluding carboxylic acids is 2. The van der Waals surface area contributed by atoms with Crippen LogP contribution >= 0.6 is 11.6 Å². The number of nitrogens with one attached hydrogen (secondary N) is 2. The number of alkyl carbamates (subject to hydrolysis) is 1. The highest BCUT2D eigenvalue weighted by Crippen LogP contribution is 2.36. The normalized spacial score (nSPS) is 17.4. The molecular formula is C26H36ClN9O3. The molecule has 6 N–H and O–H groups in total. The molecule has 2 amide bonds. The van der Waals surface area contributed by atoms with Gasteiger partial charge in [0.1, 0.15) is 17.4 Å². The minimum atomic E-state index is -0.704. The van der Waals surface area contributed by atoms with Crippen LogP contribution in [0.5, 0.6) is 0 Å². The number of imidazole rings is 1. The van der Waals surface area contributed by atoms with Crippen LogP contribution in [0.4, 0.5) is 16.3 Å². The first-order chi connectivity index (χ1) is 18.4. The van der Waals surface area contributed by atoms with Crippen molar-refractivity contribution in [2.24, 2.45) is 5.84 Å². The Kier molecular flexibility index (Phi) is 8.17. The molecule has 0 aliphatic carbocycles. The van der Waals surface area contributed by atoms with Crippen molar-refractivity contribution in [2.45, 2.75) is 71.1 Å². The Morgan fingerprint density at radius 3 is 2.69 bits per heavy atom. The van der Waals surface area contributed by atoms with E-state index in [1.54, 1.807) is 6.33 Å². The molecule has 0 bridgehead atoms. The van der Waals surface area contributed by atoms with Crippen molar-refractivity contribution in [3.8, 4) is 0 Å². The van der Waals surface area contributed by atoms with E-state index in [2.05, 4.69) is 37.5 Å². The molecule has 39 heavy (non-hydrogen) atoms. The largest absolute Gasteiger partial charge is 0.444 e. The van der Waals surface area contributed by atoms with Gasteiger partial charge in [0.2, 0.25) is 5.91 Å². The summed E-state index contributed by atoms with van der Waals surface area (Å²) in [7, 11) is 0. The van der Waals surface area contributed by atoms with Gasteiger partial charge >= 0.3 is 6.09 Å². The van der Waals surface area contributed by atoms with E-state index in [1.165, 1.54) is 6.33 Å². The number of nitrogens with zero attached hydrogens (tertiary/aromatic N) is 5. The van der Waals surface area contributed by atoms with Crippen molar-refractivity contribution in [2.75, 3.05) is 23.7 Å². The minimum absolute atomic E-state index is 0.158. The Labute approximate surface area is 232 Å². The number of benzene rings is 1. The number of carbonyl (C=O) groups is 2. The Morgan fingerprint density at radius 2 is 2.00 bits per heavy atom. The molecule has 210 valence electrons. The number of aromatic nitrogens is 4. The maximum Gasteiger partial charge on any atom is 0.408 e. The van der Waals surface area contributed by atoms with Gasteiger partial charge in [-0.1, -0.05) is 18.5 Å². The molecule has 1 aliphatic rings. The van der Waals surface area contributed by atoms with Crippen molar-refractivity contribution in [1.29, 1.82) is 0 Å². The average Bonchev–Trinajstić information content (AvgIpc) is 3.47. The van der Waals surface area contributed by atoms with Crippen molar-refractivity contribution in [3.63, 3.8) is 0 Å². The lowest BCUT2D eigenvalue weighted by molar-refractivity contribution is -0.121. The predicted octanol–water partition coefficient (Wildman–Crippen LogP) is 2.92. The van der Waals surface area contributed by atoms with Crippen LogP contribution in [0.1, 0.15) is 58.1 Å². The van der Waals surface area contributed by atoms with Gasteiger partial charge in [0, 0.05) is 30.2 Å². The van der Waals surface area contributed by atoms with Gasteiger partial charge in [0.25, 0.3) is 0 Å². The van der Waals surface area contributed by atoms with Crippen molar-refractivity contribution >= 4 is 46.3 Å². The number of hydrazine groups is 1. The molecule has 13 heteroatoms. The molecule has 1 fully saturated rings. The second-order valence-electron chi connectivity index (χ2n) is 10.9. The lowest BCUT2D eigenvalue weighted by Crippen LogP contribution is -2.52. The topological polar surface area (TPSA) is 166 Å². The Morgan fingerprint density at radius 1 is 1.23 bits per heavy atom. The van der Waals surface area contributed by atoms with Gasteiger partial charge in [-0.15, -0.1) is 0 Å². The summed E-state index contributed by atoms with van der Waals surface area (Å²) >= 11 is 6.59. The van der Waals surface area contributed by atoms with E-state index in [1.807, 2.05) is 37.5 Å². The van der Waals surface area contributed by atoms with Crippen LogP contribution in [0.15, 0.2) is 24.8 Å². The SMILES string of the molecule is CCc1cc(Cl)cc(N2CCC(CCC(=O)NN)(NC(=O)OC(C)(C)C)C2)c1Cn1cnc2c(N)ncnc21. The summed E-state index contributed by atoms with van der Waals surface area (Å²) in [4.78, 5) is 39.9. The Hall–Kier alpha value is -3.64. The van der Waals surface area contributed by atoms with Crippen LogP contribution < -0.4 is 27.2 Å². The third-order valence-electron chi connectivity index (χ3n) is 6.87. The zero-order valence-corrected chi connectivity index (χ0v) is 23.5. The van der Waals surface area contributed by atoms with Crippen LogP contribution in [0.2, 0.25) is 5.02 Å². The van der Waals surface area contributed by atoms with Crippen LogP contribution in [-0.2, 0) is 22.5 Å². The standard InChI is InChI=1S/C26H36ClN9O3/c1-5-16-10-17(27)11-19(18(16)12-36-15-32-21-22(28)30-14-31-23(21)36)35-9-8-26(13-35,7-6-20(37)34-29)33-24(38)39-25(2,3)4/h10-11,14-15H,5-9,12-13,29H2,1-4H3,(H,33,38)(H,34,37)(H2,28,30,31). The molecule has 3 aromatic rings. The van der Waals surface area contributed by atoms with Gasteiger partial charge in [-0.2, -0.15) is 0 Å². The summed E-state index contributed by atoms with van der Waals surface area (Å²) in [5.41, 5.74) is 11.1. The average molecular weight is 558 g/mol. The number of hydrogen-bond acceptors (Lipinski definition) is 9. The van der Waals surface area contributed by atoms with Crippen LogP contribution in [-0.4, -0.2) is 55.7 Å². The highest BCUT2D eigenvalue weighted by atomic mass is 35.5. The summed E-state index contributed by atoms with van der Waals surface area (Å²) < 4.78 is 7.49. The number of fused-ring (bicyclic) bond motifs is 1. The third-order valence-corrected chi connectivity index (χ3v) is 7.09. The first kappa shape index (κ1) is 28.4. The van der Waals surface area contributed by atoms with Crippen molar-refractivity contribution in [1.82, 2.24) is 30.3 Å². The number of halogens is 1. The second kappa shape index (κ2) is 11.2. The van der Waals surface area contributed by atoms with Gasteiger partial charge in [-0.3, -0.25) is 10.2 Å². The van der Waals surface area contributed by atoms with Gasteiger partial charge in [-0.05, 0) is 63.3 Å². The lowest BCUT2D eigenvalue weighted by atomic mass is 9.92. The van der Waals surface area contributed by atoms with Gasteiger partial charge in [0.05, 0.1) is 18.4 Å². The molecule has 0 radical (unpaired) electrons. The highest BCUT2D eigenvalue weighted by Gasteiger charge is 2.41. The molecule has 12 nitrogen and oxygen atoms in total. The quantitative estimate of drug-likeness (QED) is 0.185. The number of nitrogen functional groups attached to an aromatic ring is 1. The van der Waals surface area contributed by atoms with E-state index in [4.69, 9.17) is 27.9 Å². The molecule has 4 rings (SSSR count). The number of hydrogen-bond donors (Lipinski definition) is 4. The van der Waals surface area contributed by atoms with Gasteiger partial charge < -0.3 is 25.3 Å². The number of amides is 2. The van der Waals surface area contributed by atoms with Gasteiger partial charge in [0.15, 0.2) is 11.5 Å². The van der Waals surface area contributed by atoms with Crippen LogP contribution in [0.25, 0.3) is 11.2 Å². The third kappa shape index (κ3) is 6.51. The smallest absolute Gasteiger partial charge is 0.408 e. The number of rotatable bonds is 8. The second-order valence-corrected chi connectivity index (χ2v) is 11.3. The molecule has 0 saturated carbocycles. The molecule has 3 heterocycles. The maximum absolute atomic E-state index is 12.8. The first-order valence-electron chi connectivity index (χ1n) is 12.9. The monoisotopic (exact) mass is 557 g/mol. The maximum atomic E-state index is 12.8. The molecular weight excluding hydrogens is 522 g/mol. The molecule has 0 spiro atoms. The first-order valence-corrected chi connectivity index (χ1v) is 13.3. The van der Waals surface area contributed by atoms with Crippen LogP contribution in [0.3, 0.4) is 0 Å². The van der Waals surface area contributed by atoms with Crippen molar-refractivity contribution in [3.05, 3.63) is 40.9 Å². The molecule has 1 saturated heterocycles. The molecule has 1 atom stereocenters. The van der Waals surface area contributed by atoms with E-state index in [0.29, 0.717) is 54.5 Å². The van der Waals surface area contributed by atoms with Crippen LogP contribution in [0, 0.1) is 0 Å². The molecule has 1 unspecified atom stereocenters. The fourth-order valence-corrected chi connectivity index (χ4v) is 5.27. The molecule has 1 aromatic carbocycles. The number of aryl methyl sites for hydroxylation is 1. The van der Waals surface area contributed by atoms with E-state index in [-0.39, 0.29) is 12.3 Å². The predicted molar refractivity (Wildman–Crippen MR) is 150 cm³/mol. The summed E-state index contributed by atoms with van der Waals surface area (Å²) in [6, 6.07) is 3.91. The number of ether oxygens (including phenoxy) is 1. The summed E-state index contributed by atoms with van der Waals surface area (Å²) in [6.45, 7) is 9.09. The number of nitrogens with two attached hydrogens (primary N) is 2. The fourth-order valence-electron chi connectivity index (χ4n) is 5.03.